The van der Waals surface area contributed by atoms with Crippen molar-refractivity contribution in [2.45, 2.75) is 31.4 Å². The van der Waals surface area contributed by atoms with Gasteiger partial charge in [0.2, 0.25) is 0 Å². The van der Waals surface area contributed by atoms with E-state index < -0.39 is 17.0 Å². The van der Waals surface area contributed by atoms with Crippen LogP contribution in [0.3, 0.4) is 0 Å². The molecule has 2 atom stereocenters. The highest BCUT2D eigenvalue weighted by atomic mass is 32.2. The third kappa shape index (κ3) is 5.88. The highest BCUT2D eigenvalue weighted by molar-refractivity contribution is 7.79. The Morgan fingerprint density at radius 3 is 2.71 bits per heavy atom. The van der Waals surface area contributed by atoms with Crippen molar-refractivity contribution >= 4 is 17.0 Å². The fourth-order valence-electron chi connectivity index (χ4n) is 1.02. The van der Waals surface area contributed by atoms with Gasteiger partial charge in [-0.2, -0.15) is 0 Å². The molecule has 0 spiro atoms. The lowest BCUT2D eigenvalue weighted by atomic mass is 10.2. The van der Waals surface area contributed by atoms with Gasteiger partial charge in [0.05, 0.1) is 11.9 Å². The molecule has 0 aliphatic heterocycles. The van der Waals surface area contributed by atoms with Gasteiger partial charge in [-0.25, -0.2) is 9.00 Å². The SMILES string of the molecule is C=CC(=O)OCCC(CCC)S(=O)O. The molecule has 0 aromatic heterocycles. The predicted molar refractivity (Wildman–Crippen MR) is 55.2 cm³/mol. The fourth-order valence-corrected chi connectivity index (χ4v) is 1.75. The van der Waals surface area contributed by atoms with Crippen LogP contribution in [-0.4, -0.2) is 26.6 Å². The zero-order valence-electron chi connectivity index (χ0n) is 8.27. The van der Waals surface area contributed by atoms with Gasteiger partial charge >= 0.3 is 5.97 Å². The summed E-state index contributed by atoms with van der Waals surface area (Å²) in [5, 5.41) is -0.308. The molecule has 5 heteroatoms. The van der Waals surface area contributed by atoms with E-state index in [1.54, 1.807) is 0 Å². The summed E-state index contributed by atoms with van der Waals surface area (Å²) in [7, 11) is 0. The zero-order chi connectivity index (χ0) is 11.0. The average molecular weight is 220 g/mol. The van der Waals surface area contributed by atoms with Crippen LogP contribution in [0.25, 0.3) is 0 Å². The monoisotopic (exact) mass is 220 g/mol. The molecule has 0 amide bonds. The Kier molecular flexibility index (Phi) is 7.32. The van der Waals surface area contributed by atoms with Crippen LogP contribution in [0.5, 0.6) is 0 Å². The Balaban J connectivity index is 3.76. The van der Waals surface area contributed by atoms with Crippen LogP contribution < -0.4 is 0 Å². The number of carbonyl (C=O) groups excluding carboxylic acids is 1. The summed E-state index contributed by atoms with van der Waals surface area (Å²) < 4.78 is 24.4. The maximum absolute atomic E-state index is 10.8. The quantitative estimate of drug-likeness (QED) is 0.401. The second kappa shape index (κ2) is 7.70. The minimum atomic E-state index is -1.84. The van der Waals surface area contributed by atoms with E-state index in [4.69, 9.17) is 9.29 Å². The number of carbonyl (C=O) groups is 1. The zero-order valence-corrected chi connectivity index (χ0v) is 9.09. The molecule has 0 aliphatic carbocycles. The van der Waals surface area contributed by atoms with Crippen LogP contribution in [0, 0.1) is 0 Å². The average Bonchev–Trinajstić information content (AvgIpc) is 2.16. The molecule has 82 valence electrons. The normalized spacial score (nSPS) is 14.4. The molecule has 0 radical (unpaired) electrons. The molecule has 0 rings (SSSR count). The van der Waals surface area contributed by atoms with E-state index in [1.165, 1.54) is 0 Å². The molecule has 0 aromatic carbocycles. The lowest BCUT2D eigenvalue weighted by Crippen LogP contribution is -2.17. The van der Waals surface area contributed by atoms with Gasteiger partial charge < -0.3 is 9.29 Å². The molecular formula is C9H16O4S. The first-order valence-corrected chi connectivity index (χ1v) is 5.67. The van der Waals surface area contributed by atoms with Crippen LogP contribution in [-0.2, 0) is 20.6 Å². The number of rotatable bonds is 7. The van der Waals surface area contributed by atoms with Crippen LogP contribution in [0.2, 0.25) is 0 Å². The van der Waals surface area contributed by atoms with Gasteiger partial charge in [-0.3, -0.25) is 0 Å². The van der Waals surface area contributed by atoms with Gasteiger partial charge in [0.15, 0.2) is 11.1 Å². The molecule has 1 N–H and O–H groups in total. The Hall–Kier alpha value is -0.680. The molecule has 2 unspecified atom stereocenters. The van der Waals surface area contributed by atoms with Gasteiger partial charge in [-0.1, -0.05) is 19.9 Å². The Labute approximate surface area is 86.6 Å². The maximum atomic E-state index is 10.8. The van der Waals surface area contributed by atoms with Crippen molar-refractivity contribution in [3.8, 4) is 0 Å². The number of hydrogen-bond acceptors (Lipinski definition) is 3. The molecular weight excluding hydrogens is 204 g/mol. The van der Waals surface area contributed by atoms with Crippen molar-refractivity contribution in [1.82, 2.24) is 0 Å². The van der Waals surface area contributed by atoms with E-state index in [2.05, 4.69) is 6.58 Å². The predicted octanol–water partition coefficient (Wildman–Crippen LogP) is 1.50. The number of ether oxygens (including phenoxy) is 1. The van der Waals surface area contributed by atoms with Crippen LogP contribution in [0.1, 0.15) is 26.2 Å². The van der Waals surface area contributed by atoms with Gasteiger partial charge in [-0.15, -0.1) is 0 Å². The summed E-state index contributed by atoms with van der Waals surface area (Å²) in [6.07, 6.45) is 2.99. The highest BCUT2D eigenvalue weighted by Crippen LogP contribution is 2.08. The molecule has 0 heterocycles. The van der Waals surface area contributed by atoms with Gasteiger partial charge in [0.1, 0.15) is 0 Å². The van der Waals surface area contributed by atoms with E-state index in [-0.39, 0.29) is 11.9 Å². The minimum Gasteiger partial charge on any atom is -0.462 e. The van der Waals surface area contributed by atoms with Crippen molar-refractivity contribution < 1.29 is 18.3 Å². The smallest absolute Gasteiger partial charge is 0.330 e. The fraction of sp³-hybridized carbons (Fsp3) is 0.667. The highest BCUT2D eigenvalue weighted by Gasteiger charge is 2.14. The number of hydrogen-bond donors (Lipinski definition) is 1. The van der Waals surface area contributed by atoms with Gasteiger partial charge in [-0.05, 0) is 12.8 Å². The van der Waals surface area contributed by atoms with E-state index >= 15 is 0 Å². The first-order chi connectivity index (χ1) is 6.61. The van der Waals surface area contributed by atoms with Crippen molar-refractivity contribution in [1.29, 1.82) is 0 Å². The number of esters is 1. The Morgan fingerprint density at radius 2 is 2.29 bits per heavy atom. The van der Waals surface area contributed by atoms with Crippen molar-refractivity contribution in [3.63, 3.8) is 0 Å². The van der Waals surface area contributed by atoms with E-state index in [9.17, 15) is 9.00 Å². The maximum Gasteiger partial charge on any atom is 0.330 e. The standard InChI is InChI=1S/C9H16O4S/c1-3-5-8(14(11)12)6-7-13-9(10)4-2/h4,8H,2-3,5-7H2,1H3,(H,11,12). The summed E-state index contributed by atoms with van der Waals surface area (Å²) >= 11 is -1.84. The van der Waals surface area contributed by atoms with E-state index in [0.717, 1.165) is 12.5 Å². The van der Waals surface area contributed by atoms with E-state index in [0.29, 0.717) is 12.8 Å². The molecule has 0 saturated carbocycles. The Morgan fingerprint density at radius 1 is 1.64 bits per heavy atom. The molecule has 0 aliphatic rings. The molecule has 0 aromatic rings. The van der Waals surface area contributed by atoms with Gasteiger partial charge in [0.25, 0.3) is 0 Å². The lowest BCUT2D eigenvalue weighted by molar-refractivity contribution is -0.137. The van der Waals surface area contributed by atoms with Crippen molar-refractivity contribution in [3.05, 3.63) is 12.7 Å². The van der Waals surface area contributed by atoms with Crippen LogP contribution >= 0.6 is 0 Å². The topological polar surface area (TPSA) is 63.6 Å². The lowest BCUT2D eigenvalue weighted by Gasteiger charge is -2.10. The third-order valence-corrected chi connectivity index (χ3v) is 2.79. The molecule has 0 saturated heterocycles. The summed E-state index contributed by atoms with van der Waals surface area (Å²) in [6.45, 7) is 5.35. The van der Waals surface area contributed by atoms with Crippen molar-refractivity contribution in [2.24, 2.45) is 0 Å². The van der Waals surface area contributed by atoms with Crippen molar-refractivity contribution in [2.75, 3.05) is 6.61 Å². The van der Waals surface area contributed by atoms with Gasteiger partial charge in [0, 0.05) is 6.08 Å². The Bertz CT molecular complexity index is 215. The summed E-state index contributed by atoms with van der Waals surface area (Å²) in [4.78, 5) is 10.6. The molecule has 0 bridgehead atoms. The second-order valence-electron chi connectivity index (χ2n) is 2.85. The largest absolute Gasteiger partial charge is 0.462 e. The summed E-state index contributed by atoms with van der Waals surface area (Å²) in [5.74, 6) is -0.496. The van der Waals surface area contributed by atoms with E-state index in [1.807, 2.05) is 6.92 Å². The van der Waals surface area contributed by atoms with Crippen LogP contribution in [0.4, 0.5) is 0 Å². The van der Waals surface area contributed by atoms with Crippen LogP contribution in [0.15, 0.2) is 12.7 Å². The first-order valence-electron chi connectivity index (χ1n) is 4.50. The summed E-state index contributed by atoms with van der Waals surface area (Å²) in [6, 6.07) is 0. The third-order valence-electron chi connectivity index (χ3n) is 1.75. The second-order valence-corrected chi connectivity index (χ2v) is 4.07. The summed E-state index contributed by atoms with van der Waals surface area (Å²) in [5.41, 5.74) is 0. The molecule has 0 fully saturated rings. The molecule has 14 heavy (non-hydrogen) atoms. The minimum absolute atomic E-state index is 0.168. The molecule has 4 nitrogen and oxygen atoms in total. The first kappa shape index (κ1) is 13.3.